The number of fused-ring (bicyclic) bond motifs is 1. The molecule has 2 amide bonds. The molecule has 3 saturated carbocycles. The lowest BCUT2D eigenvalue weighted by molar-refractivity contribution is -0.194. The molecule has 1 spiro atoms. The quantitative estimate of drug-likeness (QED) is 0.436. The van der Waals surface area contributed by atoms with E-state index in [-0.39, 0.29) is 46.7 Å². The van der Waals surface area contributed by atoms with Gasteiger partial charge in [-0.2, -0.15) is 0 Å². The zero-order chi connectivity index (χ0) is 25.8. The molecule has 36 heavy (non-hydrogen) atoms. The fraction of sp³-hybridized carbons (Fsp3) is 0.633. The third-order valence-corrected chi connectivity index (χ3v) is 11.3. The third-order valence-electron chi connectivity index (χ3n) is 11.3. The van der Waals surface area contributed by atoms with Crippen LogP contribution >= 0.6 is 0 Å². The number of hydrogen-bond donors (Lipinski definition) is 2. The van der Waals surface area contributed by atoms with Gasteiger partial charge in [0.05, 0.1) is 22.9 Å². The van der Waals surface area contributed by atoms with Gasteiger partial charge in [0.15, 0.2) is 0 Å². The maximum absolute atomic E-state index is 14.2. The smallest absolute Gasteiger partial charge is 0.309 e. The Balaban J connectivity index is 1.49. The van der Waals surface area contributed by atoms with Gasteiger partial charge in [0.25, 0.3) is 0 Å². The van der Waals surface area contributed by atoms with E-state index in [0.29, 0.717) is 18.0 Å². The summed E-state index contributed by atoms with van der Waals surface area (Å²) in [5, 5.41) is 20.0. The van der Waals surface area contributed by atoms with E-state index in [4.69, 9.17) is 0 Å². The van der Waals surface area contributed by atoms with Crippen LogP contribution in [0.4, 0.5) is 5.69 Å². The van der Waals surface area contributed by atoms with Crippen molar-refractivity contribution in [3.8, 4) is 5.75 Å². The van der Waals surface area contributed by atoms with Crippen molar-refractivity contribution in [3.05, 3.63) is 35.9 Å². The van der Waals surface area contributed by atoms with E-state index in [1.54, 1.807) is 12.1 Å². The normalized spacial score (nSPS) is 43.2. The van der Waals surface area contributed by atoms with Gasteiger partial charge in [-0.05, 0) is 92.4 Å². The third kappa shape index (κ3) is 2.76. The monoisotopic (exact) mass is 491 g/mol. The highest BCUT2D eigenvalue weighted by atomic mass is 16.4. The molecule has 0 aromatic heterocycles. The van der Waals surface area contributed by atoms with Crippen LogP contribution in [0, 0.1) is 51.8 Å². The van der Waals surface area contributed by atoms with Crippen molar-refractivity contribution < 1.29 is 24.6 Å². The van der Waals surface area contributed by atoms with Gasteiger partial charge in [-0.3, -0.25) is 19.3 Å². The van der Waals surface area contributed by atoms with E-state index in [1.165, 1.54) is 22.6 Å². The molecule has 1 heterocycles. The van der Waals surface area contributed by atoms with Crippen LogP contribution in [0.3, 0.4) is 0 Å². The zero-order valence-corrected chi connectivity index (χ0v) is 21.7. The number of aliphatic carboxylic acids is 1. The molecule has 6 heteroatoms. The van der Waals surface area contributed by atoms with Crippen LogP contribution in [-0.4, -0.2) is 28.0 Å². The lowest BCUT2D eigenvalue weighted by atomic mass is 9.34. The number of phenols is 1. The van der Waals surface area contributed by atoms with Crippen molar-refractivity contribution in [2.45, 2.75) is 66.2 Å². The van der Waals surface area contributed by atoms with Gasteiger partial charge >= 0.3 is 5.97 Å². The summed E-state index contributed by atoms with van der Waals surface area (Å²) in [6, 6.07) is 6.33. The predicted octanol–water partition coefficient (Wildman–Crippen LogP) is 5.41. The maximum atomic E-state index is 14.2. The Hall–Kier alpha value is -2.63. The number of anilines is 1. The van der Waals surface area contributed by atoms with Crippen molar-refractivity contribution in [1.29, 1.82) is 0 Å². The fourth-order valence-electron chi connectivity index (χ4n) is 9.81. The van der Waals surface area contributed by atoms with Crippen LogP contribution in [0.15, 0.2) is 35.9 Å². The summed E-state index contributed by atoms with van der Waals surface area (Å²) in [6.45, 7) is 8.59. The largest absolute Gasteiger partial charge is 0.508 e. The van der Waals surface area contributed by atoms with Crippen molar-refractivity contribution in [2.75, 3.05) is 4.90 Å². The molecule has 6 aliphatic rings. The molecule has 8 atom stereocenters. The second-order valence-electron chi connectivity index (χ2n) is 13.0. The standard InChI is InChI=1S/C30H37NO5/c1-16(2)20-15-30-13-10-21-28(3,11-5-12-29(21,4)27(35)36)22(30)14-19(20)23-24(30)26(34)31(25(23)33)17-6-8-18(32)9-7-17/h6-9,15-16,19,21-24,32H,5,10-14H2,1-4H3,(H,35,36)/t19-,21-,22-,23+,24+,28-,29+,30-/m0/s1. The number of aromatic hydroxyl groups is 1. The van der Waals surface area contributed by atoms with Gasteiger partial charge in [0.2, 0.25) is 11.8 Å². The molecule has 0 unspecified atom stereocenters. The van der Waals surface area contributed by atoms with Crippen LogP contribution in [0.1, 0.15) is 66.2 Å². The molecule has 2 N–H and O–H groups in total. The summed E-state index contributed by atoms with van der Waals surface area (Å²) >= 11 is 0. The molecule has 1 saturated heterocycles. The molecule has 0 radical (unpaired) electrons. The second kappa shape index (κ2) is 7.45. The number of benzene rings is 1. The highest BCUT2D eigenvalue weighted by Crippen LogP contribution is 2.74. The SMILES string of the molecule is CC(C)C1=C[C@@]23CC[C@H]4[C@](C)(CCC[C@@]4(C)C(=O)O)[C@@H]2C[C@@H]1[C@H]1C(=O)N(c2ccc(O)cc2)C(=O)[C@@H]13. The van der Waals surface area contributed by atoms with Gasteiger partial charge in [-0.15, -0.1) is 0 Å². The topological polar surface area (TPSA) is 94.9 Å². The fourth-order valence-corrected chi connectivity index (χ4v) is 9.81. The highest BCUT2D eigenvalue weighted by molar-refractivity contribution is 6.23. The van der Waals surface area contributed by atoms with Gasteiger partial charge < -0.3 is 10.2 Å². The minimum Gasteiger partial charge on any atom is -0.508 e. The second-order valence-corrected chi connectivity index (χ2v) is 13.0. The Labute approximate surface area is 212 Å². The van der Waals surface area contributed by atoms with E-state index in [0.717, 1.165) is 32.1 Å². The molecule has 1 aliphatic heterocycles. The Kier molecular flexibility index (Phi) is 4.92. The predicted molar refractivity (Wildman–Crippen MR) is 135 cm³/mol. The molecular formula is C30H37NO5. The van der Waals surface area contributed by atoms with Gasteiger partial charge in [0, 0.05) is 5.41 Å². The lowest BCUT2D eigenvalue weighted by Crippen LogP contribution is -2.65. The van der Waals surface area contributed by atoms with E-state index < -0.39 is 22.7 Å². The summed E-state index contributed by atoms with van der Waals surface area (Å²) in [5.41, 5.74) is 0.482. The molecule has 6 nitrogen and oxygen atoms in total. The minimum atomic E-state index is -0.747. The number of imide groups is 1. The number of carbonyl (C=O) groups excluding carboxylic acids is 2. The first kappa shape index (κ1) is 23.7. The van der Waals surface area contributed by atoms with Crippen molar-refractivity contribution in [1.82, 2.24) is 0 Å². The Morgan fingerprint density at radius 2 is 1.72 bits per heavy atom. The number of hydrogen-bond acceptors (Lipinski definition) is 4. The van der Waals surface area contributed by atoms with E-state index >= 15 is 0 Å². The number of nitrogens with zero attached hydrogens (tertiary/aromatic N) is 1. The number of carboxylic acid groups (broad SMARTS) is 1. The Morgan fingerprint density at radius 1 is 1.03 bits per heavy atom. The molecule has 1 aromatic rings. The van der Waals surface area contributed by atoms with E-state index in [2.05, 4.69) is 26.8 Å². The number of amides is 2. The van der Waals surface area contributed by atoms with Crippen molar-refractivity contribution in [3.63, 3.8) is 0 Å². The maximum Gasteiger partial charge on any atom is 0.309 e. The van der Waals surface area contributed by atoms with Crippen molar-refractivity contribution in [2.24, 2.45) is 51.8 Å². The lowest BCUT2D eigenvalue weighted by Gasteiger charge is -2.68. The number of carbonyl (C=O) groups is 3. The molecule has 4 fully saturated rings. The van der Waals surface area contributed by atoms with Gasteiger partial charge in [0.1, 0.15) is 5.75 Å². The van der Waals surface area contributed by atoms with Crippen LogP contribution in [0.5, 0.6) is 5.75 Å². The van der Waals surface area contributed by atoms with Crippen LogP contribution in [0.25, 0.3) is 0 Å². The molecule has 7 rings (SSSR count). The van der Waals surface area contributed by atoms with Crippen LogP contribution in [0.2, 0.25) is 0 Å². The average Bonchev–Trinajstić information content (AvgIpc) is 3.11. The van der Waals surface area contributed by atoms with Crippen molar-refractivity contribution >= 4 is 23.5 Å². The van der Waals surface area contributed by atoms with Gasteiger partial charge in [-0.25, -0.2) is 0 Å². The minimum absolute atomic E-state index is 0.00836. The summed E-state index contributed by atoms with van der Waals surface area (Å²) < 4.78 is 0. The number of rotatable bonds is 3. The summed E-state index contributed by atoms with van der Waals surface area (Å²) in [6.07, 6.45) is 7.35. The van der Waals surface area contributed by atoms with Crippen LogP contribution in [-0.2, 0) is 14.4 Å². The zero-order valence-electron chi connectivity index (χ0n) is 21.7. The summed E-state index contributed by atoms with van der Waals surface area (Å²) in [5.74, 6) is -1.04. The molecule has 192 valence electrons. The van der Waals surface area contributed by atoms with Crippen LogP contribution < -0.4 is 4.90 Å². The first-order chi connectivity index (χ1) is 17.0. The molecule has 1 aromatic carbocycles. The van der Waals surface area contributed by atoms with E-state index in [9.17, 15) is 24.6 Å². The highest BCUT2D eigenvalue weighted by Gasteiger charge is 2.73. The average molecular weight is 492 g/mol. The summed E-state index contributed by atoms with van der Waals surface area (Å²) in [4.78, 5) is 42.0. The molecule has 2 bridgehead atoms. The molecule has 5 aliphatic carbocycles. The summed E-state index contributed by atoms with van der Waals surface area (Å²) in [7, 11) is 0. The van der Waals surface area contributed by atoms with Gasteiger partial charge in [-0.1, -0.05) is 38.8 Å². The Bertz CT molecular complexity index is 1190. The number of phenolic OH excluding ortho intramolecular Hbond substituents is 1. The number of allylic oxidation sites excluding steroid dienone is 2. The first-order valence-electron chi connectivity index (χ1n) is 13.6. The Morgan fingerprint density at radius 3 is 2.36 bits per heavy atom. The number of carboxylic acids is 1. The molecular weight excluding hydrogens is 454 g/mol. The van der Waals surface area contributed by atoms with E-state index in [1.807, 2.05) is 6.92 Å². The first-order valence-corrected chi connectivity index (χ1v) is 13.6.